The van der Waals surface area contributed by atoms with Crippen molar-refractivity contribution < 1.29 is 9.21 Å². The van der Waals surface area contributed by atoms with Crippen LogP contribution in [0.4, 0.5) is 0 Å². The second-order valence-electron chi connectivity index (χ2n) is 7.62. The third kappa shape index (κ3) is 3.57. The fourth-order valence-electron chi connectivity index (χ4n) is 4.05. The maximum atomic E-state index is 13.1. The lowest BCUT2D eigenvalue weighted by Gasteiger charge is -2.35. The molecule has 0 N–H and O–H groups in total. The molecule has 0 aliphatic carbocycles. The maximum Gasteiger partial charge on any atom is 0.420 e. The lowest BCUT2D eigenvalue weighted by atomic mass is 10.2. The first-order chi connectivity index (χ1) is 15.0. The molecule has 0 spiro atoms. The number of para-hydroxylation sites is 2. The molecule has 31 heavy (non-hydrogen) atoms. The minimum atomic E-state index is -0.648. The van der Waals surface area contributed by atoms with Crippen LogP contribution in [0.25, 0.3) is 16.1 Å². The Bertz CT molecular complexity index is 1380. The molecule has 1 aliphatic rings. The number of amides is 1. The van der Waals surface area contributed by atoms with Crippen molar-refractivity contribution in [1.29, 1.82) is 0 Å². The Morgan fingerprint density at radius 1 is 1.19 bits per heavy atom. The highest BCUT2D eigenvalue weighted by Gasteiger charge is 2.28. The van der Waals surface area contributed by atoms with Crippen molar-refractivity contribution >= 4 is 33.3 Å². The molecule has 0 bridgehead atoms. The first kappa shape index (κ1) is 19.7. The monoisotopic (exact) mass is 439 g/mol. The molecule has 1 unspecified atom stereocenters. The normalized spacial score (nSPS) is 16.2. The molecule has 1 aromatic carbocycles. The Hall–Kier alpha value is -3.24. The molecule has 1 amide bonds. The highest BCUT2D eigenvalue weighted by Crippen LogP contribution is 2.19. The van der Waals surface area contributed by atoms with E-state index in [0.717, 1.165) is 5.69 Å². The number of fused-ring (bicyclic) bond motifs is 2. The van der Waals surface area contributed by atoms with Crippen molar-refractivity contribution in [1.82, 2.24) is 23.8 Å². The molecule has 0 radical (unpaired) electrons. The van der Waals surface area contributed by atoms with E-state index >= 15 is 0 Å². The van der Waals surface area contributed by atoms with Crippen LogP contribution in [0.15, 0.2) is 55.9 Å². The zero-order valence-corrected chi connectivity index (χ0v) is 17.7. The number of carbonyl (C=O) groups is 1. The Kier molecular flexibility index (Phi) is 4.95. The fraction of sp³-hybridized carbons (Fsp3) is 0.333. The first-order valence-electron chi connectivity index (χ1n) is 10.1. The van der Waals surface area contributed by atoms with Gasteiger partial charge in [0, 0.05) is 50.4 Å². The van der Waals surface area contributed by atoms with Gasteiger partial charge in [-0.2, -0.15) is 0 Å². The van der Waals surface area contributed by atoms with E-state index in [9.17, 15) is 14.4 Å². The summed E-state index contributed by atoms with van der Waals surface area (Å²) in [5.41, 5.74) is 1.75. The minimum Gasteiger partial charge on any atom is -0.408 e. The summed E-state index contributed by atoms with van der Waals surface area (Å²) in [7, 11) is 0. The summed E-state index contributed by atoms with van der Waals surface area (Å²) in [6, 6.07) is 8.03. The number of piperazine rings is 1. The fourth-order valence-corrected chi connectivity index (χ4v) is 4.79. The number of benzene rings is 1. The predicted molar refractivity (Wildman–Crippen MR) is 116 cm³/mol. The quantitative estimate of drug-likeness (QED) is 0.479. The highest BCUT2D eigenvalue weighted by atomic mass is 32.1. The van der Waals surface area contributed by atoms with Gasteiger partial charge < -0.3 is 9.32 Å². The molecular weight excluding hydrogens is 418 g/mol. The largest absolute Gasteiger partial charge is 0.420 e. The first-order valence-corrected chi connectivity index (χ1v) is 11.0. The van der Waals surface area contributed by atoms with Gasteiger partial charge in [-0.3, -0.25) is 23.5 Å². The van der Waals surface area contributed by atoms with Gasteiger partial charge in [-0.15, -0.1) is 11.3 Å². The molecule has 4 aromatic rings. The van der Waals surface area contributed by atoms with E-state index < -0.39 is 11.8 Å². The summed E-state index contributed by atoms with van der Waals surface area (Å²) in [4.78, 5) is 46.7. The molecule has 1 saturated heterocycles. The summed E-state index contributed by atoms with van der Waals surface area (Å²) < 4.78 is 8.22. The zero-order valence-electron chi connectivity index (χ0n) is 16.9. The maximum absolute atomic E-state index is 13.1. The van der Waals surface area contributed by atoms with Gasteiger partial charge in [0.05, 0.1) is 11.2 Å². The minimum absolute atomic E-state index is 0.0818. The molecule has 10 heteroatoms. The average molecular weight is 439 g/mol. The number of aromatic nitrogens is 3. The lowest BCUT2D eigenvalue weighted by molar-refractivity contribution is -0.136. The topological polar surface area (TPSA) is 93.1 Å². The molecule has 1 atom stereocenters. The number of oxazole rings is 1. The highest BCUT2D eigenvalue weighted by molar-refractivity contribution is 7.15. The van der Waals surface area contributed by atoms with Gasteiger partial charge in [0.25, 0.3) is 5.56 Å². The van der Waals surface area contributed by atoms with Gasteiger partial charge in [0.15, 0.2) is 10.5 Å². The predicted octanol–water partition coefficient (Wildman–Crippen LogP) is 1.57. The smallest absolute Gasteiger partial charge is 0.408 e. The summed E-state index contributed by atoms with van der Waals surface area (Å²) in [6.07, 6.45) is 1.72. The summed E-state index contributed by atoms with van der Waals surface area (Å²) in [6.45, 7) is 4.73. The SMILES string of the molecule is CC(C(=O)N1CCN(Cc2cc(=O)n3ccsc3n2)CC1)n1c(=O)oc2ccccc21. The van der Waals surface area contributed by atoms with Crippen molar-refractivity contribution in [2.45, 2.75) is 19.5 Å². The van der Waals surface area contributed by atoms with Gasteiger partial charge in [-0.1, -0.05) is 12.1 Å². The molecule has 0 saturated carbocycles. The van der Waals surface area contributed by atoms with E-state index in [4.69, 9.17) is 4.42 Å². The van der Waals surface area contributed by atoms with Crippen molar-refractivity contribution in [3.8, 4) is 0 Å². The molecule has 1 fully saturated rings. The van der Waals surface area contributed by atoms with Gasteiger partial charge in [0.2, 0.25) is 5.91 Å². The molecule has 3 aromatic heterocycles. The van der Waals surface area contributed by atoms with Crippen LogP contribution in [0.5, 0.6) is 0 Å². The Labute approximate surface area is 180 Å². The van der Waals surface area contributed by atoms with Crippen molar-refractivity contribution in [3.63, 3.8) is 0 Å². The van der Waals surface area contributed by atoms with Crippen LogP contribution in [0.3, 0.4) is 0 Å². The van der Waals surface area contributed by atoms with Crippen LogP contribution in [0.2, 0.25) is 0 Å². The Balaban J connectivity index is 1.26. The molecule has 9 nitrogen and oxygen atoms in total. The van der Waals surface area contributed by atoms with E-state index in [-0.39, 0.29) is 11.5 Å². The van der Waals surface area contributed by atoms with E-state index in [1.807, 2.05) is 11.4 Å². The van der Waals surface area contributed by atoms with Gasteiger partial charge >= 0.3 is 5.76 Å². The number of hydrogen-bond acceptors (Lipinski definition) is 7. The standard InChI is InChI=1S/C21H21N5O4S/c1-14(26-16-4-2-3-5-17(16)30-21(26)29)19(28)24-8-6-23(7-9-24)13-15-12-18(27)25-10-11-31-20(25)22-15/h2-5,10-12,14H,6-9,13H2,1H3. The second kappa shape index (κ2) is 7.78. The van der Waals surface area contributed by atoms with Gasteiger partial charge in [-0.25, -0.2) is 9.78 Å². The van der Waals surface area contributed by atoms with Crippen LogP contribution < -0.4 is 11.3 Å². The third-order valence-corrected chi connectivity index (χ3v) is 6.45. The molecule has 4 heterocycles. The summed E-state index contributed by atoms with van der Waals surface area (Å²) in [5, 5.41) is 1.84. The average Bonchev–Trinajstić information content (AvgIpc) is 3.37. The van der Waals surface area contributed by atoms with Crippen LogP contribution in [0, 0.1) is 0 Å². The molecule has 5 rings (SSSR count). The molecule has 1 aliphatic heterocycles. The van der Waals surface area contributed by atoms with E-state index in [0.29, 0.717) is 48.8 Å². The molecular formula is C21H21N5O4S. The number of hydrogen-bond donors (Lipinski definition) is 0. The van der Waals surface area contributed by atoms with Crippen molar-refractivity contribution in [2.75, 3.05) is 26.2 Å². The van der Waals surface area contributed by atoms with E-state index in [2.05, 4.69) is 9.88 Å². The van der Waals surface area contributed by atoms with Crippen LogP contribution in [-0.4, -0.2) is 55.8 Å². The van der Waals surface area contributed by atoms with Crippen LogP contribution in [0.1, 0.15) is 18.7 Å². The van der Waals surface area contributed by atoms with E-state index in [1.54, 1.807) is 42.3 Å². The van der Waals surface area contributed by atoms with Gasteiger partial charge in [-0.05, 0) is 19.1 Å². The zero-order chi connectivity index (χ0) is 21.5. The van der Waals surface area contributed by atoms with Crippen LogP contribution >= 0.6 is 11.3 Å². The van der Waals surface area contributed by atoms with E-state index in [1.165, 1.54) is 20.3 Å². The third-order valence-electron chi connectivity index (χ3n) is 5.69. The number of rotatable bonds is 4. The second-order valence-corrected chi connectivity index (χ2v) is 8.50. The van der Waals surface area contributed by atoms with Crippen molar-refractivity contribution in [3.05, 3.63) is 68.5 Å². The van der Waals surface area contributed by atoms with Gasteiger partial charge in [0.1, 0.15) is 6.04 Å². The summed E-state index contributed by atoms with van der Waals surface area (Å²) in [5.74, 6) is -0.633. The Morgan fingerprint density at radius 3 is 2.77 bits per heavy atom. The lowest BCUT2D eigenvalue weighted by Crippen LogP contribution is -2.50. The van der Waals surface area contributed by atoms with Crippen molar-refractivity contribution in [2.24, 2.45) is 0 Å². The summed E-state index contributed by atoms with van der Waals surface area (Å²) >= 11 is 1.43. The number of carbonyl (C=O) groups excluding carboxylic acids is 1. The number of nitrogens with zero attached hydrogens (tertiary/aromatic N) is 5. The molecule has 160 valence electrons. The van der Waals surface area contributed by atoms with Crippen LogP contribution in [-0.2, 0) is 11.3 Å². The Morgan fingerprint density at radius 2 is 1.97 bits per heavy atom. The number of thiazole rings is 1.